The lowest BCUT2D eigenvalue weighted by atomic mass is 9.98. The molecule has 1 amide bonds. The minimum absolute atomic E-state index is 0.182. The summed E-state index contributed by atoms with van der Waals surface area (Å²) in [5.41, 5.74) is 5.42. The molecule has 0 bridgehead atoms. The predicted octanol–water partition coefficient (Wildman–Crippen LogP) is 5.89. The molecule has 0 unspecified atom stereocenters. The molecule has 164 valence electrons. The van der Waals surface area contributed by atoms with E-state index < -0.39 is 0 Å². The van der Waals surface area contributed by atoms with Crippen LogP contribution < -0.4 is 15.4 Å². The van der Waals surface area contributed by atoms with E-state index in [-0.39, 0.29) is 5.91 Å². The Labute approximate surface area is 187 Å². The zero-order chi connectivity index (χ0) is 22.8. The molecule has 2 N–H and O–H groups in total. The third-order valence-corrected chi connectivity index (χ3v) is 5.27. The van der Waals surface area contributed by atoms with Gasteiger partial charge in [0.1, 0.15) is 17.3 Å². The number of rotatable bonds is 6. The van der Waals surface area contributed by atoms with Crippen molar-refractivity contribution in [2.75, 3.05) is 10.6 Å². The number of pyridine rings is 1. The Morgan fingerprint density at radius 3 is 2.56 bits per heavy atom. The molecular formula is C25H27N5O2. The lowest BCUT2D eigenvalue weighted by molar-refractivity contribution is -0.114. The number of aromatic nitrogens is 3. The highest BCUT2D eigenvalue weighted by Gasteiger charge is 2.11. The first kappa shape index (κ1) is 21.4. The Kier molecular flexibility index (Phi) is 5.81. The summed E-state index contributed by atoms with van der Waals surface area (Å²) < 4.78 is 7.99. The number of nitrogens with zero attached hydrogens (tertiary/aromatic N) is 3. The van der Waals surface area contributed by atoms with Crippen LogP contribution >= 0.6 is 0 Å². The van der Waals surface area contributed by atoms with Crippen molar-refractivity contribution >= 4 is 34.4 Å². The Hall–Kier alpha value is -3.87. The van der Waals surface area contributed by atoms with E-state index in [2.05, 4.69) is 54.6 Å². The molecule has 32 heavy (non-hydrogen) atoms. The summed E-state index contributed by atoms with van der Waals surface area (Å²) >= 11 is 0. The van der Waals surface area contributed by atoms with Crippen molar-refractivity contribution in [3.63, 3.8) is 0 Å². The largest absolute Gasteiger partial charge is 0.457 e. The van der Waals surface area contributed by atoms with Crippen LogP contribution in [-0.2, 0) is 11.8 Å². The molecular weight excluding hydrogens is 402 g/mol. The quantitative estimate of drug-likeness (QED) is 0.399. The molecule has 7 nitrogen and oxygen atoms in total. The Morgan fingerprint density at radius 1 is 1.06 bits per heavy atom. The van der Waals surface area contributed by atoms with Gasteiger partial charge in [-0.15, -0.1) is 0 Å². The number of imidazole rings is 1. The zero-order valence-corrected chi connectivity index (χ0v) is 18.9. The maximum atomic E-state index is 11.3. The lowest BCUT2D eigenvalue weighted by Gasteiger charge is -2.12. The zero-order valence-electron chi connectivity index (χ0n) is 18.9. The van der Waals surface area contributed by atoms with Crippen LogP contribution in [0.4, 0.5) is 17.5 Å². The molecule has 0 aliphatic rings. The van der Waals surface area contributed by atoms with Crippen molar-refractivity contribution in [1.29, 1.82) is 0 Å². The molecule has 0 spiro atoms. The van der Waals surface area contributed by atoms with Crippen LogP contribution in [-0.4, -0.2) is 20.4 Å². The van der Waals surface area contributed by atoms with E-state index in [1.807, 2.05) is 29.8 Å². The van der Waals surface area contributed by atoms with Crippen LogP contribution in [0.15, 0.2) is 54.7 Å². The number of benzene rings is 2. The van der Waals surface area contributed by atoms with E-state index in [9.17, 15) is 4.79 Å². The Bertz CT molecular complexity index is 1290. The molecule has 0 saturated carbocycles. The summed E-state index contributed by atoms with van der Waals surface area (Å²) in [4.78, 5) is 20.1. The molecule has 0 radical (unpaired) electrons. The van der Waals surface area contributed by atoms with Crippen LogP contribution in [0, 0.1) is 6.92 Å². The maximum Gasteiger partial charge on any atom is 0.222 e. The van der Waals surface area contributed by atoms with E-state index in [1.165, 1.54) is 18.1 Å². The number of carbonyl (C=O) groups excluding carboxylic acids is 1. The number of carbonyl (C=O) groups is 1. The second-order valence-corrected chi connectivity index (χ2v) is 8.16. The minimum Gasteiger partial charge on any atom is -0.457 e. The Morgan fingerprint density at radius 2 is 1.84 bits per heavy atom. The summed E-state index contributed by atoms with van der Waals surface area (Å²) in [5, 5.41) is 6.08. The topological polar surface area (TPSA) is 81.1 Å². The van der Waals surface area contributed by atoms with Gasteiger partial charge in [-0.05, 0) is 54.3 Å². The van der Waals surface area contributed by atoms with Crippen LogP contribution in [0.2, 0.25) is 0 Å². The lowest BCUT2D eigenvalue weighted by Crippen LogP contribution is -2.07. The monoisotopic (exact) mass is 429 g/mol. The molecule has 0 aliphatic heterocycles. The van der Waals surface area contributed by atoms with Gasteiger partial charge in [-0.25, -0.2) is 9.97 Å². The van der Waals surface area contributed by atoms with Gasteiger partial charge in [0, 0.05) is 38.0 Å². The van der Waals surface area contributed by atoms with Crippen molar-refractivity contribution in [2.45, 2.75) is 33.6 Å². The van der Waals surface area contributed by atoms with Gasteiger partial charge in [0.2, 0.25) is 11.9 Å². The average Bonchev–Trinajstić information content (AvgIpc) is 3.02. The SMILES string of the molecule is CC(=O)Nc1cc(Oc2ccc3c(c2)nc(Nc2ccc(C(C)C)c(C)c2)n3C)ccn1. The number of ether oxygens (including phenoxy) is 1. The van der Waals surface area contributed by atoms with Gasteiger partial charge >= 0.3 is 0 Å². The highest BCUT2D eigenvalue weighted by molar-refractivity contribution is 5.87. The van der Waals surface area contributed by atoms with E-state index in [4.69, 9.17) is 9.72 Å². The molecule has 2 aromatic carbocycles. The molecule has 2 heterocycles. The van der Waals surface area contributed by atoms with E-state index in [0.29, 0.717) is 23.2 Å². The molecule has 4 rings (SSSR count). The maximum absolute atomic E-state index is 11.3. The van der Waals surface area contributed by atoms with E-state index in [0.717, 1.165) is 22.7 Å². The average molecular weight is 430 g/mol. The fraction of sp³-hybridized carbons (Fsp3) is 0.240. The second kappa shape index (κ2) is 8.70. The van der Waals surface area contributed by atoms with E-state index in [1.54, 1.807) is 18.3 Å². The molecule has 7 heteroatoms. The third-order valence-electron chi connectivity index (χ3n) is 5.27. The van der Waals surface area contributed by atoms with Crippen LogP contribution in [0.3, 0.4) is 0 Å². The van der Waals surface area contributed by atoms with Crippen molar-refractivity contribution in [3.8, 4) is 11.5 Å². The summed E-state index contributed by atoms with van der Waals surface area (Å²) in [5.74, 6) is 2.74. The molecule has 4 aromatic rings. The highest BCUT2D eigenvalue weighted by atomic mass is 16.5. The number of aryl methyl sites for hydroxylation is 2. The molecule has 0 atom stereocenters. The molecule has 0 fully saturated rings. The van der Waals surface area contributed by atoms with Gasteiger partial charge in [-0.2, -0.15) is 0 Å². The highest BCUT2D eigenvalue weighted by Crippen LogP contribution is 2.29. The van der Waals surface area contributed by atoms with Crippen LogP contribution in [0.1, 0.15) is 37.8 Å². The first-order chi connectivity index (χ1) is 15.3. The van der Waals surface area contributed by atoms with Crippen LogP contribution in [0.25, 0.3) is 11.0 Å². The summed E-state index contributed by atoms with van der Waals surface area (Å²) in [6.07, 6.45) is 1.59. The number of fused-ring (bicyclic) bond motifs is 1. The van der Waals surface area contributed by atoms with Gasteiger partial charge in [-0.1, -0.05) is 19.9 Å². The van der Waals surface area contributed by atoms with Gasteiger partial charge in [0.25, 0.3) is 0 Å². The standard InChI is InChI=1S/C25H27N5O2/c1-15(2)21-8-6-18(12-16(21)3)28-25-29-22-13-19(7-9-23(22)30(25)5)32-20-10-11-26-24(14-20)27-17(4)31/h6-15H,1-5H3,(H,28,29)(H,26,27,31). The number of anilines is 3. The smallest absolute Gasteiger partial charge is 0.222 e. The number of hydrogen-bond acceptors (Lipinski definition) is 5. The molecule has 0 aliphatic carbocycles. The normalized spacial score (nSPS) is 11.1. The first-order valence-electron chi connectivity index (χ1n) is 10.6. The van der Waals surface area contributed by atoms with Crippen molar-refractivity contribution in [2.24, 2.45) is 7.05 Å². The Balaban J connectivity index is 1.57. The number of hydrogen-bond donors (Lipinski definition) is 2. The van der Waals surface area contributed by atoms with Gasteiger partial charge in [-0.3, -0.25) is 4.79 Å². The van der Waals surface area contributed by atoms with Gasteiger partial charge < -0.3 is 19.9 Å². The van der Waals surface area contributed by atoms with Crippen LogP contribution in [0.5, 0.6) is 11.5 Å². The fourth-order valence-electron chi connectivity index (χ4n) is 3.74. The summed E-state index contributed by atoms with van der Waals surface area (Å²) in [7, 11) is 1.98. The second-order valence-electron chi connectivity index (χ2n) is 8.16. The minimum atomic E-state index is -0.182. The first-order valence-corrected chi connectivity index (χ1v) is 10.6. The number of amides is 1. The molecule has 0 saturated heterocycles. The molecule has 2 aromatic heterocycles. The van der Waals surface area contributed by atoms with Gasteiger partial charge in [0.05, 0.1) is 11.0 Å². The number of nitrogens with one attached hydrogen (secondary N) is 2. The van der Waals surface area contributed by atoms with Crippen molar-refractivity contribution in [3.05, 3.63) is 65.9 Å². The van der Waals surface area contributed by atoms with E-state index >= 15 is 0 Å². The van der Waals surface area contributed by atoms with Gasteiger partial charge in [0.15, 0.2) is 0 Å². The van der Waals surface area contributed by atoms with Crippen molar-refractivity contribution in [1.82, 2.24) is 14.5 Å². The predicted molar refractivity (Wildman–Crippen MR) is 128 cm³/mol. The van der Waals surface area contributed by atoms with Crippen molar-refractivity contribution < 1.29 is 9.53 Å². The third kappa shape index (κ3) is 4.56. The fourth-order valence-corrected chi connectivity index (χ4v) is 3.74. The summed E-state index contributed by atoms with van der Waals surface area (Å²) in [6.45, 7) is 7.98. The summed E-state index contributed by atoms with van der Waals surface area (Å²) in [6, 6.07) is 15.6.